The van der Waals surface area contributed by atoms with Crippen LogP contribution in [0.25, 0.3) is 0 Å². The van der Waals surface area contributed by atoms with Gasteiger partial charge in [0.25, 0.3) is 0 Å². The van der Waals surface area contributed by atoms with Crippen molar-refractivity contribution in [2.75, 3.05) is 19.8 Å². The van der Waals surface area contributed by atoms with Crippen molar-refractivity contribution in [2.45, 2.75) is 59.4 Å². The fourth-order valence-electron chi connectivity index (χ4n) is 3.07. The molecule has 0 amide bonds. The molecule has 0 aliphatic carbocycles. The summed E-state index contributed by atoms with van der Waals surface area (Å²) in [6.45, 7) is 14.0. The van der Waals surface area contributed by atoms with Crippen LogP contribution in [0.5, 0.6) is 0 Å². The number of hydrogen-bond acceptors (Lipinski definition) is 2. The van der Waals surface area contributed by atoms with Crippen molar-refractivity contribution < 1.29 is 4.74 Å². The lowest BCUT2D eigenvalue weighted by molar-refractivity contribution is 0.0120. The quantitative estimate of drug-likeness (QED) is 0.903. The highest BCUT2D eigenvalue weighted by Crippen LogP contribution is 2.35. The summed E-state index contributed by atoms with van der Waals surface area (Å²) in [5.74, 6) is 0. The summed E-state index contributed by atoms with van der Waals surface area (Å²) >= 11 is 0. The first-order valence-corrected chi connectivity index (χ1v) is 8.19. The maximum Gasteiger partial charge on any atom is 0.0471 e. The molecular formula is C19H31NO. The molecule has 0 radical (unpaired) electrons. The van der Waals surface area contributed by atoms with Gasteiger partial charge in [-0.05, 0) is 70.4 Å². The van der Waals surface area contributed by atoms with Gasteiger partial charge in [0.05, 0.1) is 0 Å². The molecule has 1 aromatic carbocycles. The van der Waals surface area contributed by atoms with Gasteiger partial charge in [0, 0.05) is 25.3 Å². The number of nitrogens with one attached hydrogen (secondary N) is 1. The van der Waals surface area contributed by atoms with Gasteiger partial charge in [-0.25, -0.2) is 0 Å². The smallest absolute Gasteiger partial charge is 0.0471 e. The van der Waals surface area contributed by atoms with Crippen molar-refractivity contribution in [3.63, 3.8) is 0 Å². The third kappa shape index (κ3) is 4.82. The monoisotopic (exact) mass is 289 g/mol. The van der Waals surface area contributed by atoms with E-state index < -0.39 is 0 Å². The Morgan fingerprint density at radius 3 is 2.43 bits per heavy atom. The number of ether oxygens (including phenoxy) is 1. The van der Waals surface area contributed by atoms with Crippen LogP contribution in [0.15, 0.2) is 18.2 Å². The molecule has 1 fully saturated rings. The van der Waals surface area contributed by atoms with Gasteiger partial charge in [-0.1, -0.05) is 23.8 Å². The van der Waals surface area contributed by atoms with Gasteiger partial charge in [0.1, 0.15) is 0 Å². The van der Waals surface area contributed by atoms with E-state index in [1.807, 2.05) is 0 Å². The van der Waals surface area contributed by atoms with Crippen LogP contribution in [-0.4, -0.2) is 25.3 Å². The molecule has 0 unspecified atom stereocenters. The van der Waals surface area contributed by atoms with Crippen LogP contribution < -0.4 is 5.32 Å². The second-order valence-electron chi connectivity index (χ2n) is 7.82. The number of aryl methyl sites for hydroxylation is 2. The number of hydrogen-bond donors (Lipinski definition) is 1. The molecular weight excluding hydrogens is 258 g/mol. The average molecular weight is 289 g/mol. The first kappa shape index (κ1) is 16.5. The Morgan fingerprint density at radius 1 is 1.14 bits per heavy atom. The van der Waals surface area contributed by atoms with E-state index in [0.29, 0.717) is 5.41 Å². The Morgan fingerprint density at radius 2 is 1.81 bits per heavy atom. The van der Waals surface area contributed by atoms with Crippen LogP contribution in [0, 0.1) is 19.3 Å². The minimum Gasteiger partial charge on any atom is -0.381 e. The molecule has 21 heavy (non-hydrogen) atoms. The van der Waals surface area contributed by atoms with Crippen LogP contribution in [0.1, 0.15) is 50.3 Å². The topological polar surface area (TPSA) is 21.3 Å². The standard InChI is InChI=1S/C19H31NO/c1-15-6-7-16(2)17(12-15)13-19(8-10-21-11-9-19)14-20-18(3,4)5/h6-7,12,20H,8-11,13-14H2,1-5H3. The second kappa shape index (κ2) is 6.50. The Hall–Kier alpha value is -0.860. The van der Waals surface area contributed by atoms with Crippen molar-refractivity contribution in [2.24, 2.45) is 5.41 Å². The largest absolute Gasteiger partial charge is 0.381 e. The van der Waals surface area contributed by atoms with E-state index in [0.717, 1.165) is 39.0 Å². The second-order valence-corrected chi connectivity index (χ2v) is 7.82. The summed E-state index contributed by atoms with van der Waals surface area (Å²) in [4.78, 5) is 0. The molecule has 118 valence electrons. The van der Waals surface area contributed by atoms with Crippen LogP contribution in [-0.2, 0) is 11.2 Å². The maximum absolute atomic E-state index is 5.62. The molecule has 1 N–H and O–H groups in total. The highest BCUT2D eigenvalue weighted by molar-refractivity contribution is 5.31. The molecule has 1 saturated heterocycles. The summed E-state index contributed by atoms with van der Waals surface area (Å²) in [6, 6.07) is 6.83. The molecule has 1 heterocycles. The van der Waals surface area contributed by atoms with Crippen LogP contribution in [0.3, 0.4) is 0 Å². The minimum atomic E-state index is 0.174. The Labute approximate surface area is 130 Å². The van der Waals surface area contributed by atoms with Gasteiger partial charge >= 0.3 is 0 Å². The molecule has 2 rings (SSSR count). The van der Waals surface area contributed by atoms with Crippen molar-refractivity contribution in [3.05, 3.63) is 34.9 Å². The number of rotatable bonds is 4. The third-order valence-corrected chi connectivity index (χ3v) is 4.62. The summed E-state index contributed by atoms with van der Waals surface area (Å²) in [5.41, 5.74) is 4.80. The molecule has 1 aliphatic rings. The molecule has 0 spiro atoms. The van der Waals surface area contributed by atoms with Gasteiger partial charge in [0.2, 0.25) is 0 Å². The zero-order valence-electron chi connectivity index (χ0n) is 14.4. The Balaban J connectivity index is 2.17. The van der Waals surface area contributed by atoms with Crippen molar-refractivity contribution in [1.29, 1.82) is 0 Å². The maximum atomic E-state index is 5.62. The Kier molecular flexibility index (Phi) is 5.11. The molecule has 0 aromatic heterocycles. The predicted octanol–water partition coefficient (Wildman–Crippen LogP) is 4.03. The van der Waals surface area contributed by atoms with E-state index in [4.69, 9.17) is 4.74 Å². The zero-order chi connectivity index (χ0) is 15.5. The van der Waals surface area contributed by atoms with Crippen molar-refractivity contribution in [3.8, 4) is 0 Å². The lowest BCUT2D eigenvalue weighted by Gasteiger charge is -2.40. The van der Waals surface area contributed by atoms with Gasteiger partial charge < -0.3 is 10.1 Å². The van der Waals surface area contributed by atoms with E-state index in [1.54, 1.807) is 0 Å². The molecule has 0 saturated carbocycles. The van der Waals surface area contributed by atoms with Crippen LogP contribution in [0.2, 0.25) is 0 Å². The van der Waals surface area contributed by atoms with Gasteiger partial charge in [-0.3, -0.25) is 0 Å². The highest BCUT2D eigenvalue weighted by atomic mass is 16.5. The first-order valence-electron chi connectivity index (χ1n) is 8.19. The molecule has 2 nitrogen and oxygen atoms in total. The lowest BCUT2D eigenvalue weighted by atomic mass is 9.74. The normalized spacial score (nSPS) is 18.7. The molecule has 0 atom stereocenters. The molecule has 0 bridgehead atoms. The van der Waals surface area contributed by atoms with Crippen LogP contribution >= 0.6 is 0 Å². The average Bonchev–Trinajstić information content (AvgIpc) is 2.41. The summed E-state index contributed by atoms with van der Waals surface area (Å²) in [6.07, 6.45) is 3.47. The third-order valence-electron chi connectivity index (χ3n) is 4.62. The van der Waals surface area contributed by atoms with Gasteiger partial charge in [-0.15, -0.1) is 0 Å². The predicted molar refractivity (Wildman–Crippen MR) is 89.9 cm³/mol. The number of benzene rings is 1. The van der Waals surface area contributed by atoms with E-state index in [9.17, 15) is 0 Å². The van der Waals surface area contributed by atoms with Crippen molar-refractivity contribution >= 4 is 0 Å². The molecule has 1 aromatic rings. The summed E-state index contributed by atoms with van der Waals surface area (Å²) in [7, 11) is 0. The zero-order valence-corrected chi connectivity index (χ0v) is 14.4. The summed E-state index contributed by atoms with van der Waals surface area (Å²) in [5, 5.41) is 3.73. The lowest BCUT2D eigenvalue weighted by Crippen LogP contribution is -2.47. The van der Waals surface area contributed by atoms with Crippen LogP contribution in [0.4, 0.5) is 0 Å². The SMILES string of the molecule is Cc1ccc(C)c(CC2(CNC(C)(C)C)CCOCC2)c1. The Bertz CT molecular complexity index is 467. The first-order chi connectivity index (χ1) is 9.80. The minimum absolute atomic E-state index is 0.174. The van der Waals surface area contributed by atoms with Crippen molar-refractivity contribution in [1.82, 2.24) is 5.32 Å². The molecule has 1 aliphatic heterocycles. The van der Waals surface area contributed by atoms with Gasteiger partial charge in [0.15, 0.2) is 0 Å². The highest BCUT2D eigenvalue weighted by Gasteiger charge is 2.34. The van der Waals surface area contributed by atoms with E-state index >= 15 is 0 Å². The summed E-state index contributed by atoms with van der Waals surface area (Å²) < 4.78 is 5.62. The fourth-order valence-corrected chi connectivity index (χ4v) is 3.07. The fraction of sp³-hybridized carbons (Fsp3) is 0.684. The van der Waals surface area contributed by atoms with E-state index in [1.165, 1.54) is 16.7 Å². The molecule has 2 heteroatoms. The van der Waals surface area contributed by atoms with E-state index in [2.05, 4.69) is 58.1 Å². The van der Waals surface area contributed by atoms with E-state index in [-0.39, 0.29) is 5.54 Å². The van der Waals surface area contributed by atoms with Gasteiger partial charge in [-0.2, -0.15) is 0 Å².